The van der Waals surface area contributed by atoms with E-state index in [1.165, 1.54) is 28.7 Å². The minimum Gasteiger partial charge on any atom is -0.303 e. The molecule has 1 unspecified atom stereocenters. The van der Waals surface area contributed by atoms with Crippen LogP contribution in [0, 0.1) is 5.92 Å². The second-order valence-corrected chi connectivity index (χ2v) is 6.24. The van der Waals surface area contributed by atoms with Gasteiger partial charge in [-0.3, -0.25) is 0 Å². The van der Waals surface area contributed by atoms with Crippen molar-refractivity contribution in [3.63, 3.8) is 0 Å². The highest BCUT2D eigenvalue weighted by molar-refractivity contribution is 5.50. The van der Waals surface area contributed by atoms with E-state index in [9.17, 15) is 0 Å². The van der Waals surface area contributed by atoms with Gasteiger partial charge in [-0.1, -0.05) is 55.5 Å². The van der Waals surface area contributed by atoms with Crippen LogP contribution in [0.25, 0.3) is 0 Å². The molecule has 2 aromatic rings. The van der Waals surface area contributed by atoms with Crippen LogP contribution in [-0.4, -0.2) is 6.54 Å². The molecule has 1 nitrogen and oxygen atoms in total. The Morgan fingerprint density at radius 1 is 0.900 bits per heavy atom. The molecule has 0 saturated carbocycles. The Morgan fingerprint density at radius 2 is 1.45 bits per heavy atom. The summed E-state index contributed by atoms with van der Waals surface area (Å²) in [6.07, 6.45) is 3.56. The highest BCUT2D eigenvalue weighted by atomic mass is 15.0. The van der Waals surface area contributed by atoms with Crippen molar-refractivity contribution >= 4 is 0 Å². The van der Waals surface area contributed by atoms with E-state index in [4.69, 9.17) is 0 Å². The molecule has 0 aromatic heterocycles. The predicted octanol–water partition coefficient (Wildman–Crippen LogP) is 3.66. The van der Waals surface area contributed by atoms with Crippen molar-refractivity contribution in [1.29, 1.82) is 0 Å². The van der Waals surface area contributed by atoms with Gasteiger partial charge < -0.3 is 5.32 Å². The Morgan fingerprint density at radius 3 is 1.95 bits per heavy atom. The second kappa shape index (κ2) is 4.46. The van der Waals surface area contributed by atoms with E-state index < -0.39 is 0 Å². The van der Waals surface area contributed by atoms with Crippen LogP contribution in [0.2, 0.25) is 0 Å². The molecule has 1 heterocycles. The number of aryl methyl sites for hydroxylation is 2. The van der Waals surface area contributed by atoms with E-state index in [1.54, 1.807) is 0 Å². The van der Waals surface area contributed by atoms with Crippen molar-refractivity contribution < 1.29 is 0 Å². The smallest absolute Gasteiger partial charge is 0.0722 e. The minimum absolute atomic E-state index is 0.0314. The minimum atomic E-state index is 0.0314. The van der Waals surface area contributed by atoms with Crippen LogP contribution in [0.5, 0.6) is 0 Å². The Labute approximate surface area is 121 Å². The molecule has 0 amide bonds. The van der Waals surface area contributed by atoms with E-state index in [0.717, 1.165) is 19.4 Å². The van der Waals surface area contributed by atoms with E-state index in [0.29, 0.717) is 5.92 Å². The number of nitrogens with one attached hydrogen (secondary N) is 1. The lowest BCUT2D eigenvalue weighted by Crippen LogP contribution is -2.43. The van der Waals surface area contributed by atoms with Gasteiger partial charge in [0.15, 0.2) is 0 Å². The zero-order chi connectivity index (χ0) is 13.6. The van der Waals surface area contributed by atoms with Crippen LogP contribution in [0.1, 0.15) is 35.6 Å². The molecule has 4 rings (SSSR count). The fourth-order valence-electron chi connectivity index (χ4n) is 4.26. The maximum Gasteiger partial charge on any atom is 0.0722 e. The maximum atomic E-state index is 3.87. The average Bonchev–Trinajstić information content (AvgIpc) is 2.81. The molecule has 1 spiro atoms. The summed E-state index contributed by atoms with van der Waals surface area (Å²) < 4.78 is 0. The van der Waals surface area contributed by atoms with E-state index in [-0.39, 0.29) is 5.54 Å². The fraction of sp³-hybridized carbons (Fsp3) is 0.368. The summed E-state index contributed by atoms with van der Waals surface area (Å²) in [5.41, 5.74) is 6.09. The number of hydrogen-bond donors (Lipinski definition) is 1. The van der Waals surface area contributed by atoms with Crippen molar-refractivity contribution in [2.24, 2.45) is 5.92 Å². The standard InChI is InChI=1S/C19H21N/c1-14-12-13-20-19(14)17-8-4-2-6-15(17)10-11-16-7-3-5-9-18(16)19/h2-9,14,20H,10-13H2,1H3. The Bertz CT molecular complexity index is 596. The van der Waals surface area contributed by atoms with Gasteiger partial charge in [-0.25, -0.2) is 0 Å². The molecule has 1 atom stereocenters. The summed E-state index contributed by atoms with van der Waals surface area (Å²) in [4.78, 5) is 0. The summed E-state index contributed by atoms with van der Waals surface area (Å²) in [7, 11) is 0. The third kappa shape index (κ3) is 1.53. The summed E-state index contributed by atoms with van der Waals surface area (Å²) >= 11 is 0. The summed E-state index contributed by atoms with van der Waals surface area (Å²) in [6, 6.07) is 18.1. The third-order valence-electron chi connectivity index (χ3n) is 5.27. The molecular formula is C19H21N. The highest BCUT2D eigenvalue weighted by Crippen LogP contribution is 2.46. The first-order valence-corrected chi connectivity index (χ1v) is 7.74. The lowest BCUT2D eigenvalue weighted by atomic mass is 9.73. The number of rotatable bonds is 0. The Kier molecular flexibility index (Phi) is 2.71. The summed E-state index contributed by atoms with van der Waals surface area (Å²) in [6.45, 7) is 3.52. The first-order chi connectivity index (χ1) is 9.82. The fourth-order valence-corrected chi connectivity index (χ4v) is 4.26. The van der Waals surface area contributed by atoms with Gasteiger partial charge >= 0.3 is 0 Å². The highest BCUT2D eigenvalue weighted by Gasteiger charge is 2.45. The zero-order valence-electron chi connectivity index (χ0n) is 12.0. The van der Waals surface area contributed by atoms with Gasteiger partial charge in [0.2, 0.25) is 0 Å². The molecule has 0 bridgehead atoms. The molecular weight excluding hydrogens is 242 g/mol. The van der Waals surface area contributed by atoms with Gasteiger partial charge in [0.05, 0.1) is 5.54 Å². The van der Waals surface area contributed by atoms with Gasteiger partial charge in [0.1, 0.15) is 0 Å². The zero-order valence-corrected chi connectivity index (χ0v) is 12.0. The van der Waals surface area contributed by atoms with Gasteiger partial charge in [0, 0.05) is 0 Å². The SMILES string of the molecule is CC1CCNC12c1ccccc1CCc1ccccc12. The largest absolute Gasteiger partial charge is 0.303 e. The van der Waals surface area contributed by atoms with Crippen LogP contribution in [0.3, 0.4) is 0 Å². The van der Waals surface area contributed by atoms with Crippen LogP contribution in [0.4, 0.5) is 0 Å². The van der Waals surface area contributed by atoms with E-state index >= 15 is 0 Å². The van der Waals surface area contributed by atoms with Crippen LogP contribution in [0.15, 0.2) is 48.5 Å². The van der Waals surface area contributed by atoms with E-state index in [2.05, 4.69) is 60.8 Å². The topological polar surface area (TPSA) is 12.0 Å². The van der Waals surface area contributed by atoms with Crippen molar-refractivity contribution in [2.75, 3.05) is 6.54 Å². The van der Waals surface area contributed by atoms with Gasteiger partial charge in [-0.15, -0.1) is 0 Å². The number of hydrogen-bond acceptors (Lipinski definition) is 1. The average molecular weight is 263 g/mol. The van der Waals surface area contributed by atoms with Crippen LogP contribution >= 0.6 is 0 Å². The van der Waals surface area contributed by atoms with Gasteiger partial charge in [0.25, 0.3) is 0 Å². The molecule has 1 saturated heterocycles. The van der Waals surface area contributed by atoms with Crippen molar-refractivity contribution in [1.82, 2.24) is 5.32 Å². The van der Waals surface area contributed by atoms with Gasteiger partial charge in [-0.2, -0.15) is 0 Å². The lowest BCUT2D eigenvalue weighted by molar-refractivity contribution is 0.366. The molecule has 1 heteroatoms. The Balaban J connectivity index is 2.04. The van der Waals surface area contributed by atoms with Crippen LogP contribution < -0.4 is 5.32 Å². The van der Waals surface area contributed by atoms with Crippen molar-refractivity contribution in [3.05, 3.63) is 70.8 Å². The normalized spacial score (nSPS) is 23.1. The Hall–Kier alpha value is -1.60. The maximum absolute atomic E-state index is 3.87. The monoisotopic (exact) mass is 263 g/mol. The molecule has 20 heavy (non-hydrogen) atoms. The lowest BCUT2D eigenvalue weighted by Gasteiger charge is -2.37. The molecule has 1 N–H and O–H groups in total. The number of fused-ring (bicyclic) bond motifs is 4. The molecule has 2 aromatic carbocycles. The molecule has 2 aliphatic rings. The second-order valence-electron chi connectivity index (χ2n) is 6.24. The summed E-state index contributed by atoms with van der Waals surface area (Å²) in [5, 5.41) is 3.87. The first-order valence-electron chi connectivity index (χ1n) is 7.74. The molecule has 1 aliphatic heterocycles. The predicted molar refractivity (Wildman–Crippen MR) is 82.9 cm³/mol. The van der Waals surface area contributed by atoms with Crippen molar-refractivity contribution in [3.8, 4) is 0 Å². The molecule has 1 aliphatic carbocycles. The molecule has 102 valence electrons. The third-order valence-corrected chi connectivity index (χ3v) is 5.27. The van der Waals surface area contributed by atoms with Crippen molar-refractivity contribution in [2.45, 2.75) is 31.7 Å². The molecule has 1 fully saturated rings. The quantitative estimate of drug-likeness (QED) is 0.765. The first kappa shape index (κ1) is 12.2. The van der Waals surface area contributed by atoms with Crippen LogP contribution in [-0.2, 0) is 18.4 Å². The van der Waals surface area contributed by atoms with Gasteiger partial charge in [-0.05, 0) is 54.0 Å². The summed E-state index contributed by atoms with van der Waals surface area (Å²) in [5.74, 6) is 0.642. The number of benzene rings is 2. The van der Waals surface area contributed by atoms with E-state index in [1.807, 2.05) is 0 Å². The molecule has 0 radical (unpaired) electrons.